The fourth-order valence-corrected chi connectivity index (χ4v) is 2.69. The molecule has 0 saturated carbocycles. The highest BCUT2D eigenvalue weighted by Crippen LogP contribution is 2.56. The minimum absolute atomic E-state index is 0.330. The molecule has 0 heterocycles. The van der Waals surface area contributed by atoms with Crippen LogP contribution in [0.15, 0.2) is 30.3 Å². The molecular formula is C16H13F6N3O3. The van der Waals surface area contributed by atoms with E-state index in [0.29, 0.717) is 30.3 Å². The molecule has 2 aromatic carbocycles. The second kappa shape index (κ2) is 6.39. The molecule has 28 heavy (non-hydrogen) atoms. The largest absolute Gasteiger partial charge is 0.506 e. The molecule has 152 valence electrons. The number of nitrogen functional groups attached to an aromatic ring is 3. The summed E-state index contributed by atoms with van der Waals surface area (Å²) in [5.41, 5.74) is 4.79. The van der Waals surface area contributed by atoms with Gasteiger partial charge in [0.15, 0.2) is 0 Å². The first-order chi connectivity index (χ1) is 12.6. The topological polar surface area (TPSA) is 136 Å². The zero-order chi connectivity index (χ0) is 21.7. The van der Waals surface area contributed by atoms with Crippen molar-refractivity contribution in [2.45, 2.75) is 17.8 Å². The lowest BCUT2D eigenvalue weighted by Gasteiger charge is -2.37. The molecule has 6 nitrogen and oxygen atoms in total. The third kappa shape index (κ3) is 3.00. The number of carboxylic acids is 1. The maximum Gasteiger partial charge on any atom is 0.457 e. The van der Waals surface area contributed by atoms with Gasteiger partial charge in [0.25, 0.3) is 0 Å². The molecule has 0 bridgehead atoms. The van der Waals surface area contributed by atoms with Crippen LogP contribution in [0.5, 0.6) is 5.75 Å². The second-order valence-electron chi connectivity index (χ2n) is 5.84. The first-order valence-corrected chi connectivity index (χ1v) is 7.29. The Hall–Kier alpha value is -3.31. The van der Waals surface area contributed by atoms with Gasteiger partial charge < -0.3 is 27.4 Å². The molecule has 0 aliphatic carbocycles. The SMILES string of the molecule is Nc1cc(N)c(C(F)(c2ccc(O)c(N)c2)C(F)(F)C(F)(F)F)c(C(=O)O)c1. The predicted molar refractivity (Wildman–Crippen MR) is 87.6 cm³/mol. The first-order valence-electron chi connectivity index (χ1n) is 7.29. The number of phenols is 1. The van der Waals surface area contributed by atoms with Gasteiger partial charge in [0.1, 0.15) is 5.75 Å². The molecule has 1 atom stereocenters. The number of halogens is 6. The Bertz CT molecular complexity index is 948. The van der Waals surface area contributed by atoms with Crippen molar-refractivity contribution in [1.29, 1.82) is 0 Å². The number of carbonyl (C=O) groups is 1. The van der Waals surface area contributed by atoms with E-state index in [2.05, 4.69) is 0 Å². The molecule has 0 aliphatic heterocycles. The molecule has 2 aromatic rings. The Morgan fingerprint density at radius 3 is 1.93 bits per heavy atom. The Morgan fingerprint density at radius 1 is 0.893 bits per heavy atom. The highest BCUT2D eigenvalue weighted by molar-refractivity contribution is 5.94. The van der Waals surface area contributed by atoms with E-state index in [1.165, 1.54) is 0 Å². The lowest BCUT2D eigenvalue weighted by Crippen LogP contribution is -2.53. The Labute approximate surface area is 153 Å². The zero-order valence-electron chi connectivity index (χ0n) is 13.7. The number of benzene rings is 2. The van der Waals surface area contributed by atoms with Crippen LogP contribution in [0.3, 0.4) is 0 Å². The number of hydrogen-bond donors (Lipinski definition) is 5. The van der Waals surface area contributed by atoms with E-state index in [1.54, 1.807) is 0 Å². The number of hydrogen-bond acceptors (Lipinski definition) is 5. The summed E-state index contributed by atoms with van der Waals surface area (Å²) < 4.78 is 84.1. The molecule has 1 unspecified atom stereocenters. The van der Waals surface area contributed by atoms with Crippen LogP contribution in [0.2, 0.25) is 0 Å². The molecule has 0 amide bonds. The van der Waals surface area contributed by atoms with E-state index < -0.39 is 63.2 Å². The molecule has 2 rings (SSSR count). The van der Waals surface area contributed by atoms with Gasteiger partial charge in [-0.3, -0.25) is 0 Å². The highest BCUT2D eigenvalue weighted by atomic mass is 19.4. The summed E-state index contributed by atoms with van der Waals surface area (Å²) in [6.07, 6.45) is -6.45. The molecule has 0 saturated heterocycles. The summed E-state index contributed by atoms with van der Waals surface area (Å²) in [5, 5.41) is 18.6. The summed E-state index contributed by atoms with van der Waals surface area (Å²) in [7, 11) is 0. The maximum absolute atomic E-state index is 15.9. The van der Waals surface area contributed by atoms with Crippen molar-refractivity contribution in [2.24, 2.45) is 0 Å². The number of aromatic hydroxyl groups is 1. The van der Waals surface area contributed by atoms with Crippen LogP contribution in [0.25, 0.3) is 0 Å². The van der Waals surface area contributed by atoms with E-state index in [1.807, 2.05) is 0 Å². The number of carboxylic acid groups (broad SMARTS) is 1. The van der Waals surface area contributed by atoms with E-state index in [9.17, 15) is 37.0 Å². The van der Waals surface area contributed by atoms with Gasteiger partial charge in [-0.1, -0.05) is 6.07 Å². The number of phenolic OH excluding ortho intramolecular Hbond substituents is 1. The third-order valence-corrected chi connectivity index (χ3v) is 3.98. The highest BCUT2D eigenvalue weighted by Gasteiger charge is 2.73. The molecule has 0 fully saturated rings. The quantitative estimate of drug-likeness (QED) is 0.299. The summed E-state index contributed by atoms with van der Waals surface area (Å²) in [6.45, 7) is 0. The molecule has 12 heteroatoms. The number of alkyl halides is 6. The van der Waals surface area contributed by atoms with Gasteiger partial charge in [-0.25, -0.2) is 9.18 Å². The van der Waals surface area contributed by atoms with Crippen LogP contribution in [-0.4, -0.2) is 28.3 Å². The van der Waals surface area contributed by atoms with Crippen molar-refractivity contribution in [2.75, 3.05) is 17.2 Å². The van der Waals surface area contributed by atoms with E-state index in [4.69, 9.17) is 17.2 Å². The number of rotatable bonds is 4. The first kappa shape index (κ1) is 21.0. The fraction of sp³-hybridized carbons (Fsp3) is 0.188. The van der Waals surface area contributed by atoms with E-state index >= 15 is 4.39 Å². The van der Waals surface area contributed by atoms with Gasteiger partial charge in [0, 0.05) is 22.5 Å². The van der Waals surface area contributed by atoms with Gasteiger partial charge >= 0.3 is 18.1 Å². The van der Waals surface area contributed by atoms with Crippen molar-refractivity contribution in [3.63, 3.8) is 0 Å². The predicted octanol–water partition coefficient (Wildman–Crippen LogP) is 3.25. The van der Waals surface area contributed by atoms with Crippen LogP contribution in [0.1, 0.15) is 21.5 Å². The number of nitrogens with two attached hydrogens (primary N) is 3. The summed E-state index contributed by atoms with van der Waals surface area (Å²) in [5.74, 6) is -8.90. The molecule has 0 aliphatic rings. The van der Waals surface area contributed by atoms with Crippen LogP contribution >= 0.6 is 0 Å². The van der Waals surface area contributed by atoms with Crippen LogP contribution in [0, 0.1) is 0 Å². The van der Waals surface area contributed by atoms with Gasteiger partial charge in [0.2, 0.25) is 5.67 Å². The van der Waals surface area contributed by atoms with Gasteiger partial charge in [0.05, 0.1) is 11.3 Å². The lowest BCUT2D eigenvalue weighted by molar-refractivity contribution is -0.323. The summed E-state index contributed by atoms with van der Waals surface area (Å²) in [4.78, 5) is 11.4. The second-order valence-corrected chi connectivity index (χ2v) is 5.84. The normalized spacial score (nSPS) is 14.5. The van der Waals surface area contributed by atoms with Gasteiger partial charge in [-0.2, -0.15) is 22.0 Å². The van der Waals surface area contributed by atoms with E-state index in [0.717, 1.165) is 0 Å². The van der Waals surface area contributed by atoms with Crippen molar-refractivity contribution in [3.05, 3.63) is 47.0 Å². The van der Waals surface area contributed by atoms with Crippen LogP contribution in [0.4, 0.5) is 43.4 Å². The minimum Gasteiger partial charge on any atom is -0.506 e. The molecule has 0 radical (unpaired) electrons. The number of aromatic carboxylic acids is 1. The van der Waals surface area contributed by atoms with Gasteiger partial charge in [-0.15, -0.1) is 0 Å². The van der Waals surface area contributed by atoms with Gasteiger partial charge in [-0.05, 0) is 24.3 Å². The summed E-state index contributed by atoms with van der Waals surface area (Å²) in [6, 6.07) is 2.47. The smallest absolute Gasteiger partial charge is 0.457 e. The minimum atomic E-state index is -6.45. The van der Waals surface area contributed by atoms with Crippen molar-refractivity contribution < 1.29 is 41.4 Å². The lowest BCUT2D eigenvalue weighted by atomic mass is 9.78. The van der Waals surface area contributed by atoms with Crippen LogP contribution in [-0.2, 0) is 5.67 Å². The third-order valence-electron chi connectivity index (χ3n) is 3.98. The fourth-order valence-electron chi connectivity index (χ4n) is 2.69. The standard InChI is InChI=1S/C16H13F6N3O3/c17-14(15(18,19)16(20,21)22,6-1-2-11(26)9(24)3-6)12-8(13(27)28)4-7(23)5-10(12)25/h1-5,26H,23-25H2,(H,27,28). The van der Waals surface area contributed by atoms with Crippen molar-refractivity contribution in [3.8, 4) is 5.75 Å². The van der Waals surface area contributed by atoms with Crippen LogP contribution < -0.4 is 17.2 Å². The van der Waals surface area contributed by atoms with Crippen molar-refractivity contribution in [1.82, 2.24) is 0 Å². The van der Waals surface area contributed by atoms with Crippen molar-refractivity contribution >= 4 is 23.0 Å². The van der Waals surface area contributed by atoms with E-state index in [-0.39, 0.29) is 0 Å². The Morgan fingerprint density at radius 2 is 1.46 bits per heavy atom. The average Bonchev–Trinajstić information content (AvgIpc) is 2.54. The molecule has 8 N–H and O–H groups in total. The maximum atomic E-state index is 15.9. The average molecular weight is 409 g/mol. The Kier molecular flexibility index (Phi) is 4.79. The molecule has 0 spiro atoms. The summed E-state index contributed by atoms with van der Waals surface area (Å²) >= 11 is 0. The molecular weight excluding hydrogens is 396 g/mol. The monoisotopic (exact) mass is 409 g/mol. The zero-order valence-corrected chi connectivity index (χ0v) is 13.7. The number of anilines is 3. The molecule has 0 aromatic heterocycles. The Balaban J connectivity index is 3.04.